The molecule has 1 N–H and O–H groups in total. The molecule has 5 heteroatoms. The highest BCUT2D eigenvalue weighted by atomic mass is 32.2. The molecule has 0 unspecified atom stereocenters. The Morgan fingerprint density at radius 1 is 1.25 bits per heavy atom. The third-order valence-electron chi connectivity index (χ3n) is 2.70. The van der Waals surface area contributed by atoms with Gasteiger partial charge in [0.1, 0.15) is 5.82 Å². The van der Waals surface area contributed by atoms with E-state index in [1.165, 1.54) is 6.07 Å². The summed E-state index contributed by atoms with van der Waals surface area (Å²) in [5.74, 6) is -0.215. The van der Waals surface area contributed by atoms with Gasteiger partial charge in [0, 0.05) is 42.4 Å². The number of pyridine rings is 1. The Morgan fingerprint density at radius 3 is 2.80 bits per heavy atom. The number of hydrogen-bond donors (Lipinski definition) is 1. The summed E-state index contributed by atoms with van der Waals surface area (Å²) in [6.07, 6.45) is 3.50. The van der Waals surface area contributed by atoms with Crippen LogP contribution in [0.25, 0.3) is 0 Å². The SMILES string of the molecule is COCCNCc1cc(F)ccc1Sc1ccncc1. The van der Waals surface area contributed by atoms with Crippen molar-refractivity contribution in [2.75, 3.05) is 20.3 Å². The number of hydrogen-bond acceptors (Lipinski definition) is 4. The maximum atomic E-state index is 13.4. The quantitative estimate of drug-likeness (QED) is 0.795. The van der Waals surface area contributed by atoms with Crippen molar-refractivity contribution in [3.8, 4) is 0 Å². The number of methoxy groups -OCH3 is 1. The predicted molar refractivity (Wildman–Crippen MR) is 78.3 cm³/mol. The third-order valence-corrected chi connectivity index (χ3v) is 3.82. The molecule has 3 nitrogen and oxygen atoms in total. The fraction of sp³-hybridized carbons (Fsp3) is 0.267. The fourth-order valence-electron chi connectivity index (χ4n) is 1.72. The monoisotopic (exact) mass is 292 g/mol. The molecule has 0 spiro atoms. The topological polar surface area (TPSA) is 34.1 Å². The van der Waals surface area contributed by atoms with Crippen molar-refractivity contribution in [3.63, 3.8) is 0 Å². The van der Waals surface area contributed by atoms with Crippen molar-refractivity contribution in [1.82, 2.24) is 10.3 Å². The second-order valence-corrected chi connectivity index (χ2v) is 5.32. The summed E-state index contributed by atoms with van der Waals surface area (Å²) in [5, 5.41) is 3.24. The van der Waals surface area contributed by atoms with Crippen molar-refractivity contribution >= 4 is 11.8 Å². The van der Waals surface area contributed by atoms with E-state index in [1.54, 1.807) is 37.3 Å². The Kier molecular flexibility index (Phi) is 5.98. The lowest BCUT2D eigenvalue weighted by Gasteiger charge is -2.10. The van der Waals surface area contributed by atoms with Gasteiger partial charge in [0.2, 0.25) is 0 Å². The molecule has 0 aliphatic carbocycles. The average Bonchev–Trinajstić information content (AvgIpc) is 2.47. The Bertz CT molecular complexity index is 537. The summed E-state index contributed by atoms with van der Waals surface area (Å²) >= 11 is 1.61. The molecule has 1 aromatic heterocycles. The zero-order valence-corrected chi connectivity index (χ0v) is 12.1. The molecule has 2 aromatic rings. The van der Waals surface area contributed by atoms with E-state index in [4.69, 9.17) is 4.74 Å². The molecule has 0 aliphatic heterocycles. The van der Waals surface area contributed by atoms with Crippen LogP contribution in [-0.4, -0.2) is 25.2 Å². The normalized spacial score (nSPS) is 10.7. The van der Waals surface area contributed by atoms with Crippen molar-refractivity contribution < 1.29 is 9.13 Å². The lowest BCUT2D eigenvalue weighted by molar-refractivity contribution is 0.199. The Balaban J connectivity index is 2.07. The lowest BCUT2D eigenvalue weighted by atomic mass is 10.2. The number of aromatic nitrogens is 1. The maximum absolute atomic E-state index is 13.4. The molecular weight excluding hydrogens is 275 g/mol. The molecule has 1 aromatic carbocycles. The van der Waals surface area contributed by atoms with Crippen molar-refractivity contribution in [2.24, 2.45) is 0 Å². The van der Waals surface area contributed by atoms with E-state index < -0.39 is 0 Å². The van der Waals surface area contributed by atoms with Gasteiger partial charge >= 0.3 is 0 Å². The first-order chi connectivity index (χ1) is 9.79. The highest BCUT2D eigenvalue weighted by Crippen LogP contribution is 2.30. The highest BCUT2D eigenvalue weighted by molar-refractivity contribution is 7.99. The highest BCUT2D eigenvalue weighted by Gasteiger charge is 2.06. The van der Waals surface area contributed by atoms with Gasteiger partial charge < -0.3 is 10.1 Å². The van der Waals surface area contributed by atoms with Crippen molar-refractivity contribution in [3.05, 3.63) is 54.1 Å². The number of nitrogens with zero attached hydrogens (tertiary/aromatic N) is 1. The summed E-state index contributed by atoms with van der Waals surface area (Å²) in [5.41, 5.74) is 0.947. The first kappa shape index (κ1) is 15.0. The molecule has 0 bridgehead atoms. The minimum absolute atomic E-state index is 0.215. The van der Waals surface area contributed by atoms with Crippen LogP contribution >= 0.6 is 11.8 Å². The van der Waals surface area contributed by atoms with Gasteiger partial charge in [0.05, 0.1) is 6.61 Å². The summed E-state index contributed by atoms with van der Waals surface area (Å²) in [6, 6.07) is 8.76. The van der Waals surface area contributed by atoms with Gasteiger partial charge in [-0.3, -0.25) is 4.98 Å². The molecule has 0 saturated heterocycles. The van der Waals surface area contributed by atoms with Crippen LogP contribution in [0.2, 0.25) is 0 Å². The van der Waals surface area contributed by atoms with Crippen LogP contribution in [0.1, 0.15) is 5.56 Å². The van der Waals surface area contributed by atoms with Crippen LogP contribution in [-0.2, 0) is 11.3 Å². The van der Waals surface area contributed by atoms with Crippen LogP contribution in [0.4, 0.5) is 4.39 Å². The van der Waals surface area contributed by atoms with E-state index in [-0.39, 0.29) is 5.82 Å². The first-order valence-corrected chi connectivity index (χ1v) is 7.17. The third kappa shape index (κ3) is 4.59. The molecule has 0 amide bonds. The number of benzene rings is 1. The first-order valence-electron chi connectivity index (χ1n) is 6.35. The van der Waals surface area contributed by atoms with Gasteiger partial charge in [-0.25, -0.2) is 4.39 Å². The van der Waals surface area contributed by atoms with E-state index in [0.29, 0.717) is 13.2 Å². The summed E-state index contributed by atoms with van der Waals surface area (Å²) in [7, 11) is 1.66. The fourth-order valence-corrected chi connectivity index (χ4v) is 2.63. The van der Waals surface area contributed by atoms with Gasteiger partial charge in [-0.1, -0.05) is 11.8 Å². The molecule has 0 atom stereocenters. The van der Waals surface area contributed by atoms with E-state index >= 15 is 0 Å². The molecule has 1 heterocycles. The number of rotatable bonds is 7. The molecule has 106 valence electrons. The minimum Gasteiger partial charge on any atom is -0.383 e. The van der Waals surface area contributed by atoms with Crippen LogP contribution in [0, 0.1) is 5.82 Å². The van der Waals surface area contributed by atoms with Crippen molar-refractivity contribution in [2.45, 2.75) is 16.3 Å². The minimum atomic E-state index is -0.215. The van der Waals surface area contributed by atoms with E-state index in [2.05, 4.69) is 10.3 Å². The van der Waals surface area contributed by atoms with E-state index in [9.17, 15) is 4.39 Å². The largest absolute Gasteiger partial charge is 0.383 e. The Labute approximate surface area is 122 Å². The molecule has 0 radical (unpaired) electrons. The average molecular weight is 292 g/mol. The second kappa shape index (κ2) is 7.99. The van der Waals surface area contributed by atoms with Gasteiger partial charge in [-0.05, 0) is 35.9 Å². The Morgan fingerprint density at radius 2 is 2.05 bits per heavy atom. The van der Waals surface area contributed by atoms with Crippen LogP contribution in [0.15, 0.2) is 52.5 Å². The molecule has 2 rings (SSSR count). The summed E-state index contributed by atoms with van der Waals surface area (Å²) < 4.78 is 18.4. The van der Waals surface area contributed by atoms with E-state index in [0.717, 1.165) is 21.9 Å². The van der Waals surface area contributed by atoms with E-state index in [1.807, 2.05) is 18.2 Å². The van der Waals surface area contributed by atoms with Gasteiger partial charge in [0.25, 0.3) is 0 Å². The molecule has 0 fully saturated rings. The summed E-state index contributed by atoms with van der Waals surface area (Å²) in [6.45, 7) is 2.00. The number of ether oxygens (including phenoxy) is 1. The predicted octanol–water partition coefficient (Wildman–Crippen LogP) is 3.11. The van der Waals surface area contributed by atoms with Gasteiger partial charge in [-0.15, -0.1) is 0 Å². The number of halogens is 1. The summed E-state index contributed by atoms with van der Waals surface area (Å²) in [4.78, 5) is 6.13. The zero-order valence-electron chi connectivity index (χ0n) is 11.3. The van der Waals surface area contributed by atoms with Crippen LogP contribution in [0.3, 0.4) is 0 Å². The smallest absolute Gasteiger partial charge is 0.123 e. The Hall–Kier alpha value is -1.43. The molecule has 0 aliphatic rings. The molecule has 0 saturated carbocycles. The van der Waals surface area contributed by atoms with Gasteiger partial charge in [0.15, 0.2) is 0 Å². The standard InChI is InChI=1S/C15H17FN2OS/c1-19-9-8-18-11-12-10-13(16)2-3-15(12)20-14-4-6-17-7-5-14/h2-7,10,18H,8-9,11H2,1H3. The van der Waals surface area contributed by atoms with Crippen molar-refractivity contribution in [1.29, 1.82) is 0 Å². The van der Waals surface area contributed by atoms with Gasteiger partial charge in [-0.2, -0.15) is 0 Å². The van der Waals surface area contributed by atoms with Crippen LogP contribution in [0.5, 0.6) is 0 Å². The molecular formula is C15H17FN2OS. The lowest BCUT2D eigenvalue weighted by Crippen LogP contribution is -2.19. The zero-order chi connectivity index (χ0) is 14.2. The number of nitrogens with one attached hydrogen (secondary N) is 1. The maximum Gasteiger partial charge on any atom is 0.123 e. The second-order valence-electron chi connectivity index (χ2n) is 4.21. The molecule has 20 heavy (non-hydrogen) atoms. The van der Waals surface area contributed by atoms with Crippen LogP contribution < -0.4 is 5.32 Å².